The van der Waals surface area contributed by atoms with Crippen molar-refractivity contribution in [1.82, 2.24) is 0 Å². The fourth-order valence-corrected chi connectivity index (χ4v) is 3.74. The maximum Gasteiger partial charge on any atom is 0.405 e. The molecule has 1 amide bonds. The van der Waals surface area contributed by atoms with Crippen molar-refractivity contribution in [3.8, 4) is 5.75 Å². The van der Waals surface area contributed by atoms with E-state index in [0.717, 1.165) is 12.1 Å². The molecule has 0 aliphatic carbocycles. The molecule has 3 N–H and O–H groups in total. The van der Waals surface area contributed by atoms with Gasteiger partial charge in [-0.25, -0.2) is 18.4 Å². The number of primary amides is 1. The number of carboxylic acids is 1. The van der Waals surface area contributed by atoms with Crippen LogP contribution in [-0.2, 0) is 20.7 Å². The van der Waals surface area contributed by atoms with Crippen LogP contribution < -0.4 is 10.5 Å². The Hall–Kier alpha value is -3.20. The molecular formula is C22H23F2NO6. The number of halogens is 2. The minimum Gasteiger partial charge on any atom is -0.493 e. The van der Waals surface area contributed by atoms with E-state index in [9.17, 15) is 23.5 Å². The topological polar surface area (TPSA) is 108 Å². The quantitative estimate of drug-likeness (QED) is 0.654. The van der Waals surface area contributed by atoms with Crippen LogP contribution in [0.25, 0.3) is 0 Å². The first-order valence-electron chi connectivity index (χ1n) is 9.80. The molecule has 1 fully saturated rings. The second-order valence-electron chi connectivity index (χ2n) is 7.22. The minimum atomic E-state index is -1.37. The number of aliphatic carboxylic acids is 1. The van der Waals surface area contributed by atoms with E-state index in [1.54, 1.807) is 25.1 Å². The van der Waals surface area contributed by atoms with Gasteiger partial charge in [-0.15, -0.1) is 0 Å². The van der Waals surface area contributed by atoms with Gasteiger partial charge in [-0.3, -0.25) is 0 Å². The molecule has 0 saturated carbocycles. The fourth-order valence-electron chi connectivity index (χ4n) is 3.74. The molecule has 0 spiro atoms. The maximum absolute atomic E-state index is 14.5. The summed E-state index contributed by atoms with van der Waals surface area (Å²) in [4.78, 5) is 23.4. The van der Waals surface area contributed by atoms with Gasteiger partial charge < -0.3 is 25.1 Å². The summed E-state index contributed by atoms with van der Waals surface area (Å²) in [6, 6.07) is 7.67. The zero-order valence-corrected chi connectivity index (χ0v) is 16.9. The number of carboxylic acid groups (broad SMARTS) is 1. The third-order valence-corrected chi connectivity index (χ3v) is 5.12. The number of amides is 1. The molecule has 1 heterocycles. The van der Waals surface area contributed by atoms with E-state index in [0.29, 0.717) is 31.1 Å². The van der Waals surface area contributed by atoms with Crippen molar-refractivity contribution >= 4 is 12.1 Å². The van der Waals surface area contributed by atoms with Crippen LogP contribution in [0.5, 0.6) is 5.75 Å². The van der Waals surface area contributed by atoms with Gasteiger partial charge in [0.1, 0.15) is 17.4 Å². The molecule has 2 atom stereocenters. The Morgan fingerprint density at radius 1 is 1.23 bits per heavy atom. The summed E-state index contributed by atoms with van der Waals surface area (Å²) in [5.41, 5.74) is 4.53. The van der Waals surface area contributed by atoms with Crippen molar-refractivity contribution in [2.75, 3.05) is 13.2 Å². The average Bonchev–Trinajstić information content (AvgIpc) is 3.18. The van der Waals surface area contributed by atoms with Gasteiger partial charge in [-0.2, -0.15) is 0 Å². The Labute approximate surface area is 177 Å². The van der Waals surface area contributed by atoms with E-state index in [-0.39, 0.29) is 29.9 Å². The smallest absolute Gasteiger partial charge is 0.405 e. The van der Waals surface area contributed by atoms with Crippen LogP contribution in [0.4, 0.5) is 13.6 Å². The van der Waals surface area contributed by atoms with Gasteiger partial charge in [0.15, 0.2) is 11.7 Å². The Kier molecular flexibility index (Phi) is 6.74. The van der Waals surface area contributed by atoms with Gasteiger partial charge in [-0.1, -0.05) is 6.07 Å². The summed E-state index contributed by atoms with van der Waals surface area (Å²) in [5.74, 6) is -2.51. The molecule has 0 bridgehead atoms. The highest BCUT2D eigenvalue weighted by Crippen LogP contribution is 2.37. The van der Waals surface area contributed by atoms with Crippen molar-refractivity contribution < 1.29 is 37.7 Å². The number of hydrogen-bond donors (Lipinski definition) is 2. The normalized spacial score (nSPS) is 19.1. The number of hydrogen-bond acceptors (Lipinski definition) is 5. The fraction of sp³-hybridized carbons (Fsp3) is 0.364. The molecule has 1 aliphatic heterocycles. The highest BCUT2D eigenvalue weighted by molar-refractivity contribution is 5.78. The third kappa shape index (κ3) is 4.93. The van der Waals surface area contributed by atoms with Crippen LogP contribution in [-0.4, -0.2) is 36.0 Å². The minimum absolute atomic E-state index is 0.0525. The lowest BCUT2D eigenvalue weighted by Crippen LogP contribution is -2.40. The lowest BCUT2D eigenvalue weighted by atomic mass is 9.89. The van der Waals surface area contributed by atoms with Crippen LogP contribution in [0, 0.1) is 11.6 Å². The zero-order valence-electron chi connectivity index (χ0n) is 16.9. The van der Waals surface area contributed by atoms with Crippen molar-refractivity contribution in [2.45, 2.75) is 37.9 Å². The van der Waals surface area contributed by atoms with Crippen LogP contribution in [0.3, 0.4) is 0 Å². The SMILES string of the molecule is CCOc1ccc(CC2(C(=O)O)CCCO2)cc1C(OC(N)=O)c1ccc(F)cc1F. The molecule has 0 radical (unpaired) electrons. The lowest BCUT2D eigenvalue weighted by molar-refractivity contribution is -0.159. The summed E-state index contributed by atoms with van der Waals surface area (Å²) in [7, 11) is 0. The van der Waals surface area contributed by atoms with Crippen LogP contribution in [0.15, 0.2) is 36.4 Å². The molecule has 166 valence electrons. The number of ether oxygens (including phenoxy) is 3. The van der Waals surface area contributed by atoms with Crippen molar-refractivity contribution in [3.05, 3.63) is 64.7 Å². The van der Waals surface area contributed by atoms with E-state index < -0.39 is 35.4 Å². The van der Waals surface area contributed by atoms with E-state index in [1.807, 2.05) is 0 Å². The first kappa shape index (κ1) is 22.5. The molecule has 2 aromatic rings. The van der Waals surface area contributed by atoms with Gasteiger partial charge in [0.2, 0.25) is 0 Å². The highest BCUT2D eigenvalue weighted by Gasteiger charge is 2.43. The number of carbonyl (C=O) groups is 2. The van der Waals surface area contributed by atoms with E-state index >= 15 is 0 Å². The van der Waals surface area contributed by atoms with Crippen LogP contribution >= 0.6 is 0 Å². The predicted octanol–water partition coefficient (Wildman–Crippen LogP) is 3.72. The molecule has 31 heavy (non-hydrogen) atoms. The lowest BCUT2D eigenvalue weighted by Gasteiger charge is -2.25. The molecule has 2 unspecified atom stereocenters. The largest absolute Gasteiger partial charge is 0.493 e. The Bertz CT molecular complexity index is 974. The van der Waals surface area contributed by atoms with Crippen molar-refractivity contribution in [1.29, 1.82) is 0 Å². The summed E-state index contributed by atoms with van der Waals surface area (Å²) < 4.78 is 44.3. The Morgan fingerprint density at radius 2 is 2.00 bits per heavy atom. The monoisotopic (exact) mass is 435 g/mol. The van der Waals surface area contributed by atoms with Crippen LogP contribution in [0.1, 0.15) is 42.6 Å². The van der Waals surface area contributed by atoms with Gasteiger partial charge >= 0.3 is 12.1 Å². The van der Waals surface area contributed by atoms with Gasteiger partial charge in [0.25, 0.3) is 0 Å². The number of carbonyl (C=O) groups excluding carboxylic acids is 1. The first-order valence-corrected chi connectivity index (χ1v) is 9.80. The van der Waals surface area contributed by atoms with Gasteiger partial charge in [0.05, 0.1) is 6.61 Å². The molecule has 0 aromatic heterocycles. The summed E-state index contributed by atoms with van der Waals surface area (Å²) in [6.45, 7) is 2.35. The maximum atomic E-state index is 14.5. The van der Waals surface area contributed by atoms with E-state index in [2.05, 4.69) is 0 Å². The molecule has 1 saturated heterocycles. The summed E-state index contributed by atoms with van der Waals surface area (Å²) in [5, 5.41) is 9.68. The van der Waals surface area contributed by atoms with Crippen molar-refractivity contribution in [2.24, 2.45) is 5.73 Å². The van der Waals surface area contributed by atoms with E-state index in [1.165, 1.54) is 0 Å². The van der Waals surface area contributed by atoms with Crippen LogP contribution in [0.2, 0.25) is 0 Å². The van der Waals surface area contributed by atoms with Gasteiger partial charge in [-0.05, 0) is 49.6 Å². The molecular weight excluding hydrogens is 412 g/mol. The standard InChI is InChI=1S/C22H23F2NO6/c1-2-29-18-7-4-13(12-22(20(26)27)8-3-9-30-22)10-16(18)19(31-21(25)28)15-6-5-14(23)11-17(15)24/h4-7,10-11,19H,2-3,8-9,12H2,1H3,(H2,25,28)(H,26,27). The van der Waals surface area contributed by atoms with E-state index in [4.69, 9.17) is 19.9 Å². The molecule has 1 aliphatic rings. The van der Waals surface area contributed by atoms with Crippen molar-refractivity contribution in [3.63, 3.8) is 0 Å². The summed E-state index contributed by atoms with van der Waals surface area (Å²) >= 11 is 0. The zero-order chi connectivity index (χ0) is 22.6. The Morgan fingerprint density at radius 3 is 2.58 bits per heavy atom. The summed E-state index contributed by atoms with van der Waals surface area (Å²) in [6.07, 6.45) is -1.48. The number of nitrogens with two attached hydrogens (primary N) is 1. The predicted molar refractivity (Wildman–Crippen MR) is 106 cm³/mol. The molecule has 7 nitrogen and oxygen atoms in total. The molecule has 9 heteroatoms. The van der Waals surface area contributed by atoms with Gasteiger partial charge in [0, 0.05) is 30.2 Å². The second kappa shape index (κ2) is 9.30. The average molecular weight is 435 g/mol. The third-order valence-electron chi connectivity index (χ3n) is 5.12. The second-order valence-corrected chi connectivity index (χ2v) is 7.22. The first-order chi connectivity index (χ1) is 14.8. The molecule has 2 aromatic carbocycles. The highest BCUT2D eigenvalue weighted by atomic mass is 19.1. The molecule has 3 rings (SSSR count). The number of rotatable bonds is 8. The number of benzene rings is 2. The Balaban J connectivity index is 2.09.